The lowest BCUT2D eigenvalue weighted by atomic mass is 9.88. The van der Waals surface area contributed by atoms with Crippen molar-refractivity contribution in [2.45, 2.75) is 31.7 Å². The largest absolute Gasteiger partial charge is 1.00 e. The summed E-state index contributed by atoms with van der Waals surface area (Å²) in [4.78, 5) is 0. The van der Waals surface area contributed by atoms with Gasteiger partial charge in [0.2, 0.25) is 19.3 Å². The van der Waals surface area contributed by atoms with E-state index in [0.717, 1.165) is 23.3 Å². The van der Waals surface area contributed by atoms with Gasteiger partial charge in [-0.05, 0) is 53.6 Å². The first-order chi connectivity index (χ1) is 18.6. The van der Waals surface area contributed by atoms with Crippen LogP contribution < -0.4 is 35.9 Å². The molecule has 0 aliphatic carbocycles. The topological polar surface area (TPSA) is 40.8 Å². The fourth-order valence-corrected chi connectivity index (χ4v) is 5.56. The summed E-state index contributed by atoms with van der Waals surface area (Å²) in [7, 11) is 0. The van der Waals surface area contributed by atoms with Gasteiger partial charge in [0, 0.05) is 23.8 Å². The summed E-state index contributed by atoms with van der Waals surface area (Å²) >= 11 is 0. The lowest BCUT2D eigenvalue weighted by molar-refractivity contribution is -0.686. The molecule has 3 aliphatic rings. The van der Waals surface area contributed by atoms with Crippen LogP contribution in [0.25, 0.3) is 22.0 Å². The van der Waals surface area contributed by atoms with Gasteiger partial charge in [-0.25, -0.2) is 0 Å². The molecular weight excluding hydrogens is 564 g/mol. The third-order valence-corrected chi connectivity index (χ3v) is 7.26. The van der Waals surface area contributed by atoms with Gasteiger partial charge in [0.1, 0.15) is 0 Å². The zero-order chi connectivity index (χ0) is 27.1. The van der Waals surface area contributed by atoms with Crippen molar-refractivity contribution in [3.05, 3.63) is 76.5 Å². The zero-order valence-corrected chi connectivity index (χ0v) is 21.1. The van der Waals surface area contributed by atoms with E-state index in [1.54, 1.807) is 12.1 Å². The number of halogens is 7. The Balaban J connectivity index is 0.00000289. The molecule has 5 nitrogen and oxygen atoms in total. The number of alkyl halides is 6. The highest BCUT2D eigenvalue weighted by Crippen LogP contribution is 2.46. The van der Waals surface area contributed by atoms with Crippen LogP contribution in [-0.4, -0.2) is 13.6 Å². The van der Waals surface area contributed by atoms with Gasteiger partial charge in [0.15, 0.2) is 35.7 Å². The normalized spacial score (nSPS) is 15.1. The Labute approximate surface area is 229 Å². The van der Waals surface area contributed by atoms with Crippen LogP contribution in [0.2, 0.25) is 0 Å². The first kappa shape index (κ1) is 26.4. The molecule has 0 N–H and O–H groups in total. The minimum absolute atomic E-state index is 0. The van der Waals surface area contributed by atoms with Gasteiger partial charge >= 0.3 is 12.4 Å². The van der Waals surface area contributed by atoms with E-state index >= 15 is 0 Å². The Kier molecular flexibility index (Phi) is 5.99. The fraction of sp³-hybridized carbons (Fsp3) is 0.250. The van der Waals surface area contributed by atoms with Crippen molar-refractivity contribution < 1.29 is 62.3 Å². The number of rotatable bonds is 2. The van der Waals surface area contributed by atoms with Crippen LogP contribution in [0.15, 0.2) is 48.7 Å². The molecule has 0 atom stereocenters. The molecule has 0 fully saturated rings. The van der Waals surface area contributed by atoms with Crippen molar-refractivity contribution in [2.24, 2.45) is 0 Å². The highest BCUT2D eigenvalue weighted by molar-refractivity contribution is 5.95. The van der Waals surface area contributed by atoms with Crippen molar-refractivity contribution >= 4 is 10.8 Å². The molecule has 40 heavy (non-hydrogen) atoms. The van der Waals surface area contributed by atoms with E-state index in [2.05, 4.69) is 0 Å². The van der Waals surface area contributed by atoms with Crippen molar-refractivity contribution in [3.63, 3.8) is 0 Å². The highest BCUT2D eigenvalue weighted by Gasteiger charge is 2.38. The number of benzene rings is 3. The second-order valence-corrected chi connectivity index (χ2v) is 9.61. The van der Waals surface area contributed by atoms with Crippen molar-refractivity contribution in [1.29, 1.82) is 0 Å². The summed E-state index contributed by atoms with van der Waals surface area (Å²) in [6, 6.07) is 8.85. The molecule has 208 valence electrons. The summed E-state index contributed by atoms with van der Waals surface area (Å²) < 4.78 is 106. The molecule has 7 rings (SSSR count). The van der Waals surface area contributed by atoms with Crippen molar-refractivity contribution in [2.75, 3.05) is 13.6 Å². The maximum Gasteiger partial charge on any atom is 0.416 e. The van der Waals surface area contributed by atoms with Crippen molar-refractivity contribution in [1.82, 2.24) is 0 Å². The van der Waals surface area contributed by atoms with Gasteiger partial charge in [-0.15, -0.1) is 0 Å². The van der Waals surface area contributed by atoms with Crippen molar-refractivity contribution in [3.8, 4) is 34.3 Å². The minimum Gasteiger partial charge on any atom is -1.00 e. The maximum atomic E-state index is 13.6. The molecule has 3 aromatic carbocycles. The van der Waals surface area contributed by atoms with E-state index < -0.39 is 23.5 Å². The lowest BCUT2D eigenvalue weighted by Crippen LogP contribution is -3.00. The van der Waals surface area contributed by atoms with Crippen LogP contribution in [0.4, 0.5) is 26.3 Å². The van der Waals surface area contributed by atoms with E-state index in [-0.39, 0.29) is 44.0 Å². The molecule has 4 aromatic rings. The van der Waals surface area contributed by atoms with E-state index in [4.69, 9.17) is 18.9 Å². The smallest absolute Gasteiger partial charge is 0.416 e. The number of fused-ring (bicyclic) bond motifs is 7. The molecule has 4 heterocycles. The number of nitrogens with zero attached hydrogens (tertiary/aromatic N) is 1. The fourth-order valence-electron chi connectivity index (χ4n) is 5.56. The van der Waals surface area contributed by atoms with Gasteiger partial charge in [-0.2, -0.15) is 30.9 Å². The zero-order valence-electron chi connectivity index (χ0n) is 20.4. The predicted molar refractivity (Wildman–Crippen MR) is 125 cm³/mol. The first-order valence-corrected chi connectivity index (χ1v) is 12.0. The molecule has 0 bridgehead atoms. The second-order valence-electron chi connectivity index (χ2n) is 9.61. The quantitative estimate of drug-likeness (QED) is 0.269. The average Bonchev–Trinajstić information content (AvgIpc) is 3.55. The Morgan fingerprint density at radius 1 is 0.725 bits per heavy atom. The third kappa shape index (κ3) is 4.23. The summed E-state index contributed by atoms with van der Waals surface area (Å²) in [6.07, 6.45) is -7.54. The van der Waals surface area contributed by atoms with Gasteiger partial charge in [-0.1, -0.05) is 0 Å². The van der Waals surface area contributed by atoms with Crippen LogP contribution >= 0.6 is 0 Å². The third-order valence-electron chi connectivity index (χ3n) is 7.26. The number of hydrogen-bond donors (Lipinski definition) is 0. The molecule has 0 saturated heterocycles. The first-order valence-electron chi connectivity index (χ1n) is 12.0. The number of pyridine rings is 1. The second kappa shape index (κ2) is 9.09. The van der Waals surface area contributed by atoms with Crippen LogP contribution in [0.3, 0.4) is 0 Å². The van der Waals surface area contributed by atoms with E-state index in [9.17, 15) is 26.3 Å². The SMILES string of the molecule is FC(F)(F)c1cc(Cc2c3[n+](cc4c5c(ccc24)OCO5)CCc2cc4c(cc2-3)OCO4)cc(C(F)(F)F)c1.[Cl-]. The number of hydrogen-bond acceptors (Lipinski definition) is 4. The monoisotopic (exact) mass is 581 g/mol. The lowest BCUT2D eigenvalue weighted by Gasteiger charge is -2.21. The molecule has 12 heteroatoms. The molecule has 0 saturated carbocycles. The standard InChI is InChI=1S/C28H18F6NO4.ClH/c29-27(30,31)16-5-14(6-17(9-16)28(32,33)34)7-20-18-1-2-22-26(39-13-36-22)21(18)11-35-4-3-15-8-23-24(38-12-37-23)10-19(15)25(20)35;/h1-2,5-6,8-11H,3-4,7,12-13H2;1H/q+1;/p-1. The minimum atomic E-state index is -4.95. The van der Waals surface area contributed by atoms with Gasteiger partial charge in [0.05, 0.1) is 22.1 Å². The molecule has 0 radical (unpaired) electrons. The van der Waals surface area contributed by atoms with Crippen LogP contribution in [0.5, 0.6) is 23.0 Å². The van der Waals surface area contributed by atoms with Crippen LogP contribution in [0, 0.1) is 0 Å². The Morgan fingerprint density at radius 3 is 2.08 bits per heavy atom. The van der Waals surface area contributed by atoms with Crippen LogP contribution in [-0.2, 0) is 31.7 Å². The van der Waals surface area contributed by atoms with Gasteiger partial charge in [0.25, 0.3) is 0 Å². The summed E-state index contributed by atoms with van der Waals surface area (Å²) in [6.45, 7) is 0.614. The number of ether oxygens (including phenoxy) is 4. The Hall–Kier alpha value is -3.86. The van der Waals surface area contributed by atoms with Gasteiger partial charge < -0.3 is 31.4 Å². The van der Waals surface area contributed by atoms with E-state index in [1.165, 1.54) is 0 Å². The molecule has 1 aromatic heterocycles. The molecule has 3 aliphatic heterocycles. The molecule has 0 amide bonds. The Bertz CT molecular complexity index is 1650. The summed E-state index contributed by atoms with van der Waals surface area (Å²) in [5.74, 6) is 2.13. The Morgan fingerprint density at radius 2 is 1.38 bits per heavy atom. The average molecular weight is 582 g/mol. The molecular formula is C28H18ClF6NO4. The molecule has 0 spiro atoms. The van der Waals surface area contributed by atoms with E-state index in [0.29, 0.717) is 58.0 Å². The number of aromatic nitrogens is 1. The highest BCUT2D eigenvalue weighted by atomic mass is 35.5. The van der Waals surface area contributed by atoms with Crippen LogP contribution in [0.1, 0.15) is 27.8 Å². The predicted octanol–water partition coefficient (Wildman–Crippen LogP) is 3.44. The van der Waals surface area contributed by atoms with Gasteiger partial charge in [-0.3, -0.25) is 0 Å². The maximum absolute atomic E-state index is 13.6. The number of aryl methyl sites for hydroxylation is 2. The van der Waals surface area contributed by atoms with E-state index in [1.807, 2.05) is 22.9 Å². The molecule has 0 unspecified atom stereocenters. The summed E-state index contributed by atoms with van der Waals surface area (Å²) in [5, 5.41) is 1.30. The summed E-state index contributed by atoms with van der Waals surface area (Å²) in [5.41, 5.74) is 0.164.